The van der Waals surface area contributed by atoms with Crippen LogP contribution in [0.4, 0.5) is 0 Å². The van der Waals surface area contributed by atoms with Gasteiger partial charge in [0.1, 0.15) is 0 Å². The van der Waals surface area contributed by atoms with Crippen LogP contribution in [0.1, 0.15) is 22.9 Å². The van der Waals surface area contributed by atoms with Crippen molar-refractivity contribution in [1.82, 2.24) is 9.78 Å². The van der Waals surface area contributed by atoms with E-state index in [1.807, 2.05) is 31.4 Å². The fraction of sp³-hybridized carbons (Fsp3) is 0.308. The van der Waals surface area contributed by atoms with Crippen molar-refractivity contribution >= 4 is 0 Å². The molecule has 0 aliphatic rings. The number of hydrogen-bond donors (Lipinski definition) is 1. The van der Waals surface area contributed by atoms with Gasteiger partial charge in [0.15, 0.2) is 0 Å². The maximum Gasteiger partial charge on any atom is 0.0643 e. The Bertz CT molecular complexity index is 474. The Morgan fingerprint density at radius 3 is 2.69 bits per heavy atom. The van der Waals surface area contributed by atoms with Crippen LogP contribution < -0.4 is 5.73 Å². The molecule has 0 aliphatic heterocycles. The zero-order valence-corrected chi connectivity index (χ0v) is 9.72. The largest absolute Gasteiger partial charge is 0.324 e. The summed E-state index contributed by atoms with van der Waals surface area (Å²) in [5, 5.41) is 4.34. The van der Waals surface area contributed by atoms with Gasteiger partial charge >= 0.3 is 0 Å². The number of nitrogens with zero attached hydrogens (tertiary/aromatic N) is 2. The van der Waals surface area contributed by atoms with E-state index in [4.69, 9.17) is 5.73 Å². The van der Waals surface area contributed by atoms with E-state index in [2.05, 4.69) is 24.2 Å². The second-order valence-electron chi connectivity index (χ2n) is 4.15. The van der Waals surface area contributed by atoms with E-state index in [9.17, 15) is 0 Å². The first-order valence-electron chi connectivity index (χ1n) is 5.46. The molecule has 2 N–H and O–H groups in total. The summed E-state index contributed by atoms with van der Waals surface area (Å²) in [7, 11) is 1.92. The van der Waals surface area contributed by atoms with E-state index in [-0.39, 0.29) is 6.04 Å². The second kappa shape index (κ2) is 4.49. The van der Waals surface area contributed by atoms with Gasteiger partial charge in [0.2, 0.25) is 0 Å². The lowest BCUT2D eigenvalue weighted by Crippen LogP contribution is -2.15. The summed E-state index contributed by atoms with van der Waals surface area (Å²) >= 11 is 0. The molecule has 1 heterocycles. The van der Waals surface area contributed by atoms with Crippen LogP contribution >= 0.6 is 0 Å². The monoisotopic (exact) mass is 215 g/mol. The highest BCUT2D eigenvalue weighted by Crippen LogP contribution is 2.18. The summed E-state index contributed by atoms with van der Waals surface area (Å²) in [6, 6.07) is 10.3. The second-order valence-corrected chi connectivity index (χ2v) is 4.15. The van der Waals surface area contributed by atoms with E-state index in [1.54, 1.807) is 4.68 Å². The fourth-order valence-corrected chi connectivity index (χ4v) is 1.91. The number of benzene rings is 1. The average Bonchev–Trinajstić information content (AvgIpc) is 2.64. The Hall–Kier alpha value is -1.61. The van der Waals surface area contributed by atoms with Gasteiger partial charge < -0.3 is 5.73 Å². The van der Waals surface area contributed by atoms with E-state index in [1.165, 1.54) is 11.1 Å². The quantitative estimate of drug-likeness (QED) is 0.850. The van der Waals surface area contributed by atoms with Crippen molar-refractivity contribution < 1.29 is 0 Å². The molecule has 0 amide bonds. The summed E-state index contributed by atoms with van der Waals surface area (Å²) in [4.78, 5) is 0. The molecule has 1 aromatic carbocycles. The van der Waals surface area contributed by atoms with Gasteiger partial charge in [-0.15, -0.1) is 0 Å². The van der Waals surface area contributed by atoms with Crippen LogP contribution in [0.15, 0.2) is 36.5 Å². The van der Waals surface area contributed by atoms with Crippen LogP contribution in [-0.2, 0) is 13.5 Å². The van der Waals surface area contributed by atoms with Crippen LogP contribution in [0.25, 0.3) is 0 Å². The van der Waals surface area contributed by atoms with Gasteiger partial charge in [0.25, 0.3) is 0 Å². The molecule has 3 heteroatoms. The van der Waals surface area contributed by atoms with Crippen molar-refractivity contribution in [2.45, 2.75) is 19.4 Å². The highest BCUT2D eigenvalue weighted by Gasteiger charge is 2.10. The Kier molecular flexibility index (Phi) is 3.06. The summed E-state index contributed by atoms with van der Waals surface area (Å²) in [6.45, 7) is 2.09. The minimum Gasteiger partial charge on any atom is -0.324 e. The number of rotatable bonds is 3. The van der Waals surface area contributed by atoms with E-state index in [0.717, 1.165) is 12.1 Å². The van der Waals surface area contributed by atoms with Gasteiger partial charge in [0.05, 0.1) is 5.69 Å². The Morgan fingerprint density at radius 1 is 1.31 bits per heavy atom. The first-order chi connectivity index (χ1) is 7.66. The topological polar surface area (TPSA) is 43.8 Å². The third-order valence-electron chi connectivity index (χ3n) is 2.79. The Morgan fingerprint density at radius 2 is 2.06 bits per heavy atom. The molecule has 84 valence electrons. The molecule has 0 saturated heterocycles. The molecule has 1 atom stereocenters. The first kappa shape index (κ1) is 10.9. The molecule has 0 aliphatic carbocycles. The van der Waals surface area contributed by atoms with Gasteiger partial charge in [-0.25, -0.2) is 0 Å². The first-order valence-corrected chi connectivity index (χ1v) is 5.46. The molecule has 0 radical (unpaired) electrons. The molecule has 0 fully saturated rings. The van der Waals surface area contributed by atoms with Crippen LogP contribution in [0.5, 0.6) is 0 Å². The fourth-order valence-electron chi connectivity index (χ4n) is 1.91. The molecule has 1 unspecified atom stereocenters. The molecule has 2 rings (SSSR count). The zero-order valence-electron chi connectivity index (χ0n) is 9.72. The summed E-state index contributed by atoms with van der Waals surface area (Å²) < 4.78 is 1.81. The lowest BCUT2D eigenvalue weighted by molar-refractivity contribution is 0.672. The van der Waals surface area contributed by atoms with Crippen LogP contribution in [-0.4, -0.2) is 9.78 Å². The summed E-state index contributed by atoms with van der Waals surface area (Å²) in [5.74, 6) is 0. The van der Waals surface area contributed by atoms with Crippen LogP contribution in [0.3, 0.4) is 0 Å². The Labute approximate surface area is 95.9 Å². The average molecular weight is 215 g/mol. The lowest BCUT2D eigenvalue weighted by atomic mass is 9.98. The molecule has 3 nitrogen and oxygen atoms in total. The SMILES string of the molecule is Cc1ccccc1C(N)Cc1ccn(C)n1. The smallest absolute Gasteiger partial charge is 0.0643 e. The third-order valence-corrected chi connectivity index (χ3v) is 2.79. The van der Waals surface area contributed by atoms with Crippen molar-refractivity contribution in [2.75, 3.05) is 0 Å². The molecule has 16 heavy (non-hydrogen) atoms. The van der Waals surface area contributed by atoms with Gasteiger partial charge in [-0.3, -0.25) is 4.68 Å². The maximum absolute atomic E-state index is 6.19. The van der Waals surface area contributed by atoms with Crippen LogP contribution in [0.2, 0.25) is 0 Å². The van der Waals surface area contributed by atoms with Gasteiger partial charge in [-0.1, -0.05) is 24.3 Å². The van der Waals surface area contributed by atoms with Crippen molar-refractivity contribution in [3.8, 4) is 0 Å². The van der Waals surface area contributed by atoms with E-state index < -0.39 is 0 Å². The predicted octanol–water partition coefficient (Wildman–Crippen LogP) is 1.97. The minimum atomic E-state index is 0.0242. The van der Waals surface area contributed by atoms with E-state index >= 15 is 0 Å². The predicted molar refractivity (Wildman–Crippen MR) is 65.0 cm³/mol. The highest BCUT2D eigenvalue weighted by molar-refractivity contribution is 5.29. The normalized spacial score (nSPS) is 12.7. The van der Waals surface area contributed by atoms with E-state index in [0.29, 0.717) is 0 Å². The van der Waals surface area contributed by atoms with Gasteiger partial charge in [-0.05, 0) is 24.1 Å². The van der Waals surface area contributed by atoms with Crippen molar-refractivity contribution in [3.63, 3.8) is 0 Å². The number of hydrogen-bond acceptors (Lipinski definition) is 2. The third kappa shape index (κ3) is 2.31. The van der Waals surface area contributed by atoms with Gasteiger partial charge in [0, 0.05) is 25.7 Å². The van der Waals surface area contributed by atoms with Gasteiger partial charge in [-0.2, -0.15) is 5.10 Å². The molecule has 0 saturated carbocycles. The maximum atomic E-state index is 6.19. The number of nitrogens with two attached hydrogens (primary N) is 1. The highest BCUT2D eigenvalue weighted by atomic mass is 15.2. The molecule has 2 aromatic rings. The minimum absolute atomic E-state index is 0.0242. The van der Waals surface area contributed by atoms with Crippen molar-refractivity contribution in [1.29, 1.82) is 0 Å². The van der Waals surface area contributed by atoms with Crippen molar-refractivity contribution in [3.05, 3.63) is 53.3 Å². The number of aryl methyl sites for hydroxylation is 2. The molecular formula is C13H17N3. The molecule has 0 bridgehead atoms. The van der Waals surface area contributed by atoms with Crippen molar-refractivity contribution in [2.24, 2.45) is 12.8 Å². The molecule has 0 spiro atoms. The molecular weight excluding hydrogens is 198 g/mol. The summed E-state index contributed by atoms with van der Waals surface area (Å²) in [6.07, 6.45) is 2.73. The Balaban J connectivity index is 2.14. The molecule has 1 aromatic heterocycles. The lowest BCUT2D eigenvalue weighted by Gasteiger charge is -2.13. The van der Waals surface area contributed by atoms with Crippen LogP contribution in [0, 0.1) is 6.92 Å². The standard InChI is InChI=1S/C13H17N3/c1-10-5-3-4-6-12(10)13(14)9-11-7-8-16(2)15-11/h3-8,13H,9,14H2,1-2H3. The number of aromatic nitrogens is 2. The zero-order chi connectivity index (χ0) is 11.5. The summed E-state index contributed by atoms with van der Waals surface area (Å²) in [5.41, 5.74) is 9.67.